The third-order valence-corrected chi connectivity index (χ3v) is 6.00. The van der Waals surface area contributed by atoms with Crippen LogP contribution in [0.4, 0.5) is 5.95 Å². The van der Waals surface area contributed by atoms with Crippen molar-refractivity contribution in [3.8, 4) is 0 Å². The van der Waals surface area contributed by atoms with E-state index in [9.17, 15) is 4.79 Å². The van der Waals surface area contributed by atoms with Crippen molar-refractivity contribution >= 4 is 27.8 Å². The highest BCUT2D eigenvalue weighted by molar-refractivity contribution is 6.04. The molecule has 1 aromatic carbocycles. The summed E-state index contributed by atoms with van der Waals surface area (Å²) in [5.74, 6) is 1.76. The van der Waals surface area contributed by atoms with Gasteiger partial charge in [0.05, 0.1) is 0 Å². The molecule has 2 heterocycles. The molecule has 6 heteroatoms. The molecule has 0 saturated carbocycles. The maximum atomic E-state index is 12.3. The molecule has 0 amide bonds. The number of benzene rings is 1. The van der Waals surface area contributed by atoms with Crippen molar-refractivity contribution in [3.63, 3.8) is 0 Å². The lowest BCUT2D eigenvalue weighted by Gasteiger charge is -2.30. The molecule has 182 valence electrons. The third-order valence-electron chi connectivity index (χ3n) is 6.00. The normalized spacial score (nSPS) is 12.8. The Balaban J connectivity index is 0.000000239. The van der Waals surface area contributed by atoms with Crippen LogP contribution in [0.25, 0.3) is 21.8 Å². The first-order valence-electron chi connectivity index (χ1n) is 12.2. The highest BCUT2D eigenvalue weighted by Crippen LogP contribution is 2.22. The number of aryl methyl sites for hydroxylation is 2. The Bertz CT molecular complexity index is 1120. The van der Waals surface area contributed by atoms with Crippen LogP contribution >= 0.6 is 0 Å². The second-order valence-electron chi connectivity index (χ2n) is 10.5. The molecule has 1 unspecified atom stereocenters. The van der Waals surface area contributed by atoms with Crippen molar-refractivity contribution in [2.24, 2.45) is 18.9 Å². The van der Waals surface area contributed by atoms with E-state index in [1.54, 1.807) is 13.2 Å². The molecule has 0 aliphatic heterocycles. The van der Waals surface area contributed by atoms with Crippen LogP contribution in [0.2, 0.25) is 0 Å². The minimum atomic E-state index is -0.0701. The molecule has 3 rings (SSSR count). The number of aromatic nitrogens is 3. The average molecular weight is 454 g/mol. The van der Waals surface area contributed by atoms with Gasteiger partial charge in [-0.25, -0.2) is 4.98 Å². The molecule has 6 nitrogen and oxygen atoms in total. The minimum Gasteiger partial charge on any atom is -0.368 e. The molecule has 2 aromatic heterocycles. The van der Waals surface area contributed by atoms with Crippen LogP contribution in [-0.2, 0) is 7.05 Å². The molecular formula is C27H43N5O. The van der Waals surface area contributed by atoms with Gasteiger partial charge in [0.1, 0.15) is 5.65 Å². The first kappa shape index (κ1) is 26.8. The number of anilines is 1. The lowest BCUT2D eigenvalue weighted by molar-refractivity contribution is 0.295. The van der Waals surface area contributed by atoms with Gasteiger partial charge in [-0.2, -0.15) is 4.98 Å². The number of unbranched alkanes of at least 4 members (excludes halogenated alkanes) is 1. The van der Waals surface area contributed by atoms with E-state index in [1.165, 1.54) is 36.8 Å². The van der Waals surface area contributed by atoms with Gasteiger partial charge >= 0.3 is 0 Å². The van der Waals surface area contributed by atoms with Crippen LogP contribution in [0.15, 0.2) is 29.2 Å². The lowest BCUT2D eigenvalue weighted by atomic mass is 9.92. The van der Waals surface area contributed by atoms with Gasteiger partial charge in [-0.1, -0.05) is 58.2 Å². The molecule has 3 aromatic rings. The van der Waals surface area contributed by atoms with Crippen LogP contribution in [0, 0.1) is 18.8 Å². The van der Waals surface area contributed by atoms with Crippen LogP contribution in [-0.4, -0.2) is 26.6 Å². The topological polar surface area (TPSA) is 85.8 Å². The number of hydrogen-bond acceptors (Lipinski definition) is 5. The largest absolute Gasteiger partial charge is 0.368 e. The zero-order valence-electron chi connectivity index (χ0n) is 21.8. The molecule has 3 N–H and O–H groups in total. The van der Waals surface area contributed by atoms with Gasteiger partial charge in [-0.05, 0) is 63.4 Å². The van der Waals surface area contributed by atoms with Gasteiger partial charge < -0.3 is 11.1 Å². The van der Waals surface area contributed by atoms with E-state index >= 15 is 0 Å². The maximum absolute atomic E-state index is 12.3. The summed E-state index contributed by atoms with van der Waals surface area (Å²) in [6, 6.07) is 5.78. The smallest absolute Gasteiger partial charge is 0.259 e. The highest BCUT2D eigenvalue weighted by atomic mass is 16.1. The minimum absolute atomic E-state index is 0.0701. The Hall–Kier alpha value is -2.47. The van der Waals surface area contributed by atoms with Crippen LogP contribution in [0.3, 0.4) is 0 Å². The first-order chi connectivity index (χ1) is 15.4. The van der Waals surface area contributed by atoms with Gasteiger partial charge in [-0.3, -0.25) is 9.36 Å². The molecular weight excluding hydrogens is 410 g/mol. The standard InChI is InChI=1S/C14H31N.C13H12N4O/c1-7-8-9-13(4)11-15-14(5,6)10-12(2)3;1-7-3-4-8-9(5-7)12(18)17(2)11-10(8)6-15-13(14)16-11/h12-13,15H,7-11H2,1-6H3;3-6H,1-2H3,(H2,14,15,16). The number of nitrogens with two attached hydrogens (primary N) is 1. The van der Waals surface area contributed by atoms with Crippen LogP contribution < -0.4 is 16.6 Å². The molecule has 0 spiro atoms. The lowest BCUT2D eigenvalue weighted by Crippen LogP contribution is -2.42. The predicted octanol–water partition coefficient (Wildman–Crippen LogP) is 5.60. The van der Waals surface area contributed by atoms with Gasteiger partial charge in [-0.15, -0.1) is 0 Å². The molecule has 0 saturated heterocycles. The summed E-state index contributed by atoms with van der Waals surface area (Å²) < 4.78 is 1.51. The number of fused-ring (bicyclic) bond motifs is 3. The van der Waals surface area contributed by atoms with E-state index < -0.39 is 0 Å². The summed E-state index contributed by atoms with van der Waals surface area (Å²) in [6.07, 6.45) is 6.97. The first-order valence-corrected chi connectivity index (χ1v) is 12.2. The number of nitrogens with one attached hydrogen (secondary N) is 1. The third kappa shape index (κ3) is 7.53. The molecule has 0 bridgehead atoms. The second-order valence-corrected chi connectivity index (χ2v) is 10.5. The molecule has 0 radical (unpaired) electrons. The van der Waals surface area contributed by atoms with E-state index in [1.807, 2.05) is 25.1 Å². The summed E-state index contributed by atoms with van der Waals surface area (Å²) in [5, 5.41) is 6.07. The van der Waals surface area contributed by atoms with Gasteiger partial charge in [0.2, 0.25) is 5.95 Å². The van der Waals surface area contributed by atoms with E-state index in [2.05, 4.69) is 56.8 Å². The quantitative estimate of drug-likeness (QED) is 0.434. The Morgan fingerprint density at radius 2 is 1.85 bits per heavy atom. The molecule has 33 heavy (non-hydrogen) atoms. The van der Waals surface area contributed by atoms with Crippen LogP contribution in [0.5, 0.6) is 0 Å². The zero-order chi connectivity index (χ0) is 24.8. The molecule has 0 aliphatic carbocycles. The number of nitrogens with zero attached hydrogens (tertiary/aromatic N) is 3. The summed E-state index contributed by atoms with van der Waals surface area (Å²) in [7, 11) is 1.69. The van der Waals surface area contributed by atoms with E-state index in [0.717, 1.165) is 28.2 Å². The fourth-order valence-electron chi connectivity index (χ4n) is 4.38. The van der Waals surface area contributed by atoms with E-state index in [0.29, 0.717) is 16.6 Å². The van der Waals surface area contributed by atoms with Crippen molar-refractivity contribution in [2.75, 3.05) is 12.3 Å². The van der Waals surface area contributed by atoms with Crippen LogP contribution in [0.1, 0.15) is 72.8 Å². The Labute approximate surface area is 199 Å². The summed E-state index contributed by atoms with van der Waals surface area (Å²) >= 11 is 0. The van der Waals surface area contributed by atoms with Gasteiger partial charge in [0.25, 0.3) is 5.56 Å². The molecule has 1 atom stereocenters. The zero-order valence-corrected chi connectivity index (χ0v) is 21.8. The second kappa shape index (κ2) is 11.6. The Morgan fingerprint density at radius 1 is 1.15 bits per heavy atom. The number of nitrogen functional groups attached to an aromatic ring is 1. The van der Waals surface area contributed by atoms with E-state index in [4.69, 9.17) is 5.73 Å². The Morgan fingerprint density at radius 3 is 2.48 bits per heavy atom. The summed E-state index contributed by atoms with van der Waals surface area (Å²) in [6.45, 7) is 17.0. The molecule has 0 fully saturated rings. The van der Waals surface area contributed by atoms with Crippen molar-refractivity contribution < 1.29 is 0 Å². The van der Waals surface area contributed by atoms with Crippen molar-refractivity contribution in [3.05, 3.63) is 40.3 Å². The van der Waals surface area contributed by atoms with Crippen molar-refractivity contribution in [1.29, 1.82) is 0 Å². The Kier molecular flexibility index (Phi) is 9.41. The average Bonchev–Trinajstić information content (AvgIpc) is 2.74. The number of hydrogen-bond donors (Lipinski definition) is 2. The summed E-state index contributed by atoms with van der Waals surface area (Å²) in [5.41, 5.74) is 7.41. The fourth-order valence-corrected chi connectivity index (χ4v) is 4.38. The SMILES string of the molecule is CCCCC(C)CNC(C)(C)CC(C)C.Cc1ccc2c(c1)c(=O)n(C)c1nc(N)ncc21. The maximum Gasteiger partial charge on any atom is 0.259 e. The van der Waals surface area contributed by atoms with Crippen molar-refractivity contribution in [1.82, 2.24) is 19.9 Å². The van der Waals surface area contributed by atoms with Gasteiger partial charge in [0.15, 0.2) is 0 Å². The van der Waals surface area contributed by atoms with E-state index in [-0.39, 0.29) is 11.5 Å². The predicted molar refractivity (Wildman–Crippen MR) is 142 cm³/mol. The number of pyridine rings is 1. The fraction of sp³-hybridized carbons (Fsp3) is 0.593. The van der Waals surface area contributed by atoms with Gasteiger partial charge in [0, 0.05) is 29.6 Å². The van der Waals surface area contributed by atoms with Crippen molar-refractivity contribution in [2.45, 2.75) is 79.7 Å². The number of rotatable bonds is 8. The molecule has 0 aliphatic rings. The monoisotopic (exact) mass is 453 g/mol. The highest BCUT2D eigenvalue weighted by Gasteiger charge is 2.19. The summed E-state index contributed by atoms with van der Waals surface area (Å²) in [4.78, 5) is 20.4.